The summed E-state index contributed by atoms with van der Waals surface area (Å²) in [4.78, 5) is 28.8. The summed E-state index contributed by atoms with van der Waals surface area (Å²) in [5, 5.41) is 3.66. The predicted molar refractivity (Wildman–Crippen MR) is 128 cm³/mol. The summed E-state index contributed by atoms with van der Waals surface area (Å²) in [7, 11) is 0. The number of hydrogen-bond acceptors (Lipinski definition) is 4. The third-order valence-corrected chi connectivity index (χ3v) is 7.39. The smallest absolute Gasteiger partial charge is 0.260 e. The summed E-state index contributed by atoms with van der Waals surface area (Å²) in [6.07, 6.45) is 5.79. The standard InChI is InChI=1S/C25H33ClF2N4O2/c26-20-8-7-18-6-5-17(14-19(18)20)15-30-23(33)22-9-13-32(22)24(34)21(29)4-1-2-11-31-12-3-10-25(27,28)16-31/h5-6,8,14,21-22H,1-4,7,9-13,15-16,29H2,(H,30,33)/t21-,22+/m1/s1. The van der Waals surface area contributed by atoms with Crippen molar-refractivity contribution in [2.75, 3.05) is 26.2 Å². The number of alkyl halides is 2. The number of carbonyl (C=O) groups is 2. The Kier molecular flexibility index (Phi) is 7.90. The predicted octanol–water partition coefficient (Wildman–Crippen LogP) is 3.27. The van der Waals surface area contributed by atoms with E-state index in [2.05, 4.69) is 5.32 Å². The number of halogens is 3. The van der Waals surface area contributed by atoms with Crippen LogP contribution in [0.5, 0.6) is 0 Å². The number of piperidine rings is 1. The molecule has 6 nitrogen and oxygen atoms in total. The summed E-state index contributed by atoms with van der Waals surface area (Å²) < 4.78 is 27.0. The fourth-order valence-electron chi connectivity index (χ4n) is 4.95. The molecule has 2 fully saturated rings. The molecule has 2 saturated heterocycles. The molecule has 186 valence electrons. The Hall–Kier alpha value is -2.03. The fourth-order valence-corrected chi connectivity index (χ4v) is 5.20. The maximum atomic E-state index is 13.5. The number of amides is 2. The lowest BCUT2D eigenvalue weighted by Crippen LogP contribution is -2.61. The molecule has 0 saturated carbocycles. The van der Waals surface area contributed by atoms with Crippen LogP contribution in [0.3, 0.4) is 0 Å². The van der Waals surface area contributed by atoms with E-state index in [-0.39, 0.29) is 24.8 Å². The number of allylic oxidation sites excluding steroid dienone is 1. The highest BCUT2D eigenvalue weighted by Crippen LogP contribution is 2.31. The fraction of sp³-hybridized carbons (Fsp3) is 0.600. The van der Waals surface area contributed by atoms with E-state index >= 15 is 0 Å². The van der Waals surface area contributed by atoms with Gasteiger partial charge < -0.3 is 16.0 Å². The van der Waals surface area contributed by atoms with E-state index in [0.29, 0.717) is 51.9 Å². The van der Waals surface area contributed by atoms with Gasteiger partial charge in [0.2, 0.25) is 11.8 Å². The van der Waals surface area contributed by atoms with Gasteiger partial charge in [-0.15, -0.1) is 0 Å². The number of carbonyl (C=O) groups excluding carboxylic acids is 2. The number of fused-ring (bicyclic) bond motifs is 1. The van der Waals surface area contributed by atoms with Crippen LogP contribution in [0.2, 0.25) is 0 Å². The highest BCUT2D eigenvalue weighted by molar-refractivity contribution is 6.49. The zero-order valence-corrected chi connectivity index (χ0v) is 20.1. The van der Waals surface area contributed by atoms with Crippen molar-refractivity contribution in [1.82, 2.24) is 15.1 Å². The normalized spacial score (nSPS) is 22.5. The molecule has 2 heterocycles. The molecule has 0 unspecified atom stereocenters. The van der Waals surface area contributed by atoms with Gasteiger partial charge in [-0.05, 0) is 68.0 Å². The number of rotatable bonds is 9. The summed E-state index contributed by atoms with van der Waals surface area (Å²) in [5.41, 5.74) is 9.25. The van der Waals surface area contributed by atoms with Gasteiger partial charge in [-0.3, -0.25) is 14.5 Å². The van der Waals surface area contributed by atoms with Crippen LogP contribution in [0.25, 0.3) is 5.03 Å². The van der Waals surface area contributed by atoms with Gasteiger partial charge in [-0.25, -0.2) is 8.78 Å². The molecule has 0 radical (unpaired) electrons. The van der Waals surface area contributed by atoms with Gasteiger partial charge in [0.15, 0.2) is 0 Å². The van der Waals surface area contributed by atoms with Crippen LogP contribution in [0.15, 0.2) is 24.3 Å². The van der Waals surface area contributed by atoms with E-state index < -0.39 is 18.0 Å². The van der Waals surface area contributed by atoms with Crippen LogP contribution < -0.4 is 11.1 Å². The largest absolute Gasteiger partial charge is 0.350 e. The van der Waals surface area contributed by atoms with Crippen LogP contribution in [0.1, 0.15) is 55.2 Å². The highest BCUT2D eigenvalue weighted by Gasteiger charge is 2.39. The Morgan fingerprint density at radius 2 is 2.09 bits per heavy atom. The highest BCUT2D eigenvalue weighted by atomic mass is 35.5. The maximum absolute atomic E-state index is 13.5. The van der Waals surface area contributed by atoms with Gasteiger partial charge in [0, 0.05) is 24.5 Å². The van der Waals surface area contributed by atoms with Gasteiger partial charge in [-0.2, -0.15) is 0 Å². The Balaban J connectivity index is 1.18. The lowest BCUT2D eigenvalue weighted by molar-refractivity contribution is -0.148. The van der Waals surface area contributed by atoms with Crippen LogP contribution in [-0.4, -0.2) is 65.8 Å². The molecule has 2 amide bonds. The second kappa shape index (κ2) is 10.7. The number of nitrogens with one attached hydrogen (secondary N) is 1. The van der Waals surface area contributed by atoms with Crippen LogP contribution >= 0.6 is 11.6 Å². The lowest BCUT2D eigenvalue weighted by Gasteiger charge is -2.41. The number of hydrogen-bond donors (Lipinski definition) is 2. The molecule has 0 bridgehead atoms. The molecule has 2 aliphatic heterocycles. The first-order valence-electron chi connectivity index (χ1n) is 12.2. The second-order valence-electron chi connectivity index (χ2n) is 9.64. The van der Waals surface area contributed by atoms with Gasteiger partial charge in [-0.1, -0.05) is 36.2 Å². The molecular weight excluding hydrogens is 462 g/mol. The quantitative estimate of drug-likeness (QED) is 0.516. The lowest BCUT2D eigenvalue weighted by atomic mass is 9.98. The van der Waals surface area contributed by atoms with Crippen molar-refractivity contribution in [3.63, 3.8) is 0 Å². The minimum Gasteiger partial charge on any atom is -0.350 e. The summed E-state index contributed by atoms with van der Waals surface area (Å²) in [6.45, 7) is 2.00. The van der Waals surface area contributed by atoms with Gasteiger partial charge in [0.25, 0.3) is 5.92 Å². The summed E-state index contributed by atoms with van der Waals surface area (Å²) >= 11 is 6.22. The average molecular weight is 495 g/mol. The first-order valence-corrected chi connectivity index (χ1v) is 12.5. The molecule has 2 atom stereocenters. The van der Waals surface area contributed by atoms with Gasteiger partial charge in [0.1, 0.15) is 6.04 Å². The van der Waals surface area contributed by atoms with Crippen molar-refractivity contribution in [2.45, 2.75) is 69.5 Å². The van der Waals surface area contributed by atoms with E-state index in [0.717, 1.165) is 29.0 Å². The molecule has 34 heavy (non-hydrogen) atoms. The van der Waals surface area contributed by atoms with Crippen LogP contribution in [-0.2, 0) is 22.6 Å². The molecule has 3 N–H and O–H groups in total. The van der Waals surface area contributed by atoms with E-state index in [1.54, 1.807) is 9.80 Å². The van der Waals surface area contributed by atoms with Crippen molar-refractivity contribution in [3.8, 4) is 0 Å². The van der Waals surface area contributed by atoms with E-state index in [9.17, 15) is 18.4 Å². The third-order valence-electron chi connectivity index (χ3n) is 7.03. The van der Waals surface area contributed by atoms with E-state index in [4.69, 9.17) is 17.3 Å². The minimum atomic E-state index is -2.59. The second-order valence-corrected chi connectivity index (χ2v) is 10.0. The number of benzene rings is 1. The summed E-state index contributed by atoms with van der Waals surface area (Å²) in [6, 6.07) is 4.83. The van der Waals surface area contributed by atoms with Gasteiger partial charge >= 0.3 is 0 Å². The average Bonchev–Trinajstić information content (AvgIpc) is 3.14. The van der Waals surface area contributed by atoms with Crippen molar-refractivity contribution >= 4 is 28.4 Å². The number of nitrogens with two attached hydrogens (primary N) is 1. The molecular formula is C25H33ClF2N4O2. The topological polar surface area (TPSA) is 78.7 Å². The Bertz CT molecular complexity index is 955. The Morgan fingerprint density at radius 1 is 1.26 bits per heavy atom. The Labute approximate surface area is 204 Å². The van der Waals surface area contributed by atoms with Crippen LogP contribution in [0.4, 0.5) is 8.78 Å². The summed E-state index contributed by atoms with van der Waals surface area (Å²) in [5.74, 6) is -2.99. The van der Waals surface area contributed by atoms with E-state index in [1.807, 2.05) is 24.3 Å². The SMILES string of the molecule is N[C@H](CCCCN1CCCC(F)(F)C1)C(=O)N1CC[C@H]1C(=O)NCc1ccc2c(c1)C(Cl)=CC2. The molecule has 9 heteroatoms. The zero-order valence-electron chi connectivity index (χ0n) is 19.4. The molecule has 0 aromatic heterocycles. The molecule has 1 aromatic rings. The van der Waals surface area contributed by atoms with Crippen LogP contribution in [0, 0.1) is 0 Å². The number of likely N-dealkylation sites (tertiary alicyclic amines) is 2. The molecule has 3 aliphatic rings. The minimum absolute atomic E-state index is 0.0353. The van der Waals surface area contributed by atoms with Crippen molar-refractivity contribution in [2.24, 2.45) is 5.73 Å². The Morgan fingerprint density at radius 3 is 2.82 bits per heavy atom. The molecule has 4 rings (SSSR count). The number of nitrogens with zero attached hydrogens (tertiary/aromatic N) is 2. The van der Waals surface area contributed by atoms with Crippen molar-refractivity contribution in [1.29, 1.82) is 0 Å². The van der Waals surface area contributed by atoms with Crippen molar-refractivity contribution in [3.05, 3.63) is 41.0 Å². The monoisotopic (exact) mass is 494 g/mol. The maximum Gasteiger partial charge on any atom is 0.260 e. The first-order chi connectivity index (χ1) is 16.2. The third kappa shape index (κ3) is 5.96. The zero-order chi connectivity index (χ0) is 24.3. The molecule has 1 aromatic carbocycles. The van der Waals surface area contributed by atoms with Crippen molar-refractivity contribution < 1.29 is 18.4 Å². The number of unbranched alkanes of at least 4 members (excludes halogenated alkanes) is 1. The first kappa shape index (κ1) is 25.1. The van der Waals surface area contributed by atoms with E-state index in [1.165, 1.54) is 5.56 Å². The molecule has 0 spiro atoms. The van der Waals surface area contributed by atoms with Gasteiger partial charge in [0.05, 0.1) is 12.6 Å². The molecule has 1 aliphatic carbocycles.